The molecule has 4 rings (SSSR count). The zero-order valence-corrected chi connectivity index (χ0v) is 14.3. The number of aliphatic hydroxyl groups is 2. The minimum absolute atomic E-state index is 0.0797. The Bertz CT molecular complexity index is 460. The largest absolute Gasteiger partial charge is 0.459 e. The number of carbonyl (C=O) groups excluding carboxylic acids is 1. The predicted octanol–water partition coefficient (Wildman–Crippen LogP) is 2.80. The van der Waals surface area contributed by atoms with Crippen molar-refractivity contribution in [2.75, 3.05) is 0 Å². The highest BCUT2D eigenvalue weighted by molar-refractivity contribution is 5.72. The standard InChI is InChI=1S/C18H30O4/c1-12(5-15(2,3)4)14(19)22-18-8-13-6-16(20,10-18)9-17(21,7-13)11-18/h12-13,20-21H,5-11H2,1-4H3. The van der Waals surface area contributed by atoms with E-state index in [2.05, 4.69) is 20.8 Å². The lowest BCUT2D eigenvalue weighted by molar-refractivity contribution is -0.262. The van der Waals surface area contributed by atoms with Crippen LogP contribution in [0.4, 0.5) is 0 Å². The third kappa shape index (κ3) is 3.05. The normalized spacial score (nSPS) is 44.9. The van der Waals surface area contributed by atoms with Crippen molar-refractivity contribution in [3.05, 3.63) is 0 Å². The van der Waals surface area contributed by atoms with Crippen LogP contribution in [0.2, 0.25) is 0 Å². The van der Waals surface area contributed by atoms with Crippen molar-refractivity contribution in [3.8, 4) is 0 Å². The van der Waals surface area contributed by atoms with Crippen LogP contribution in [0.5, 0.6) is 0 Å². The van der Waals surface area contributed by atoms with Crippen molar-refractivity contribution in [1.29, 1.82) is 0 Å². The Balaban J connectivity index is 1.73. The smallest absolute Gasteiger partial charge is 0.309 e. The summed E-state index contributed by atoms with van der Waals surface area (Å²) in [5, 5.41) is 21.4. The van der Waals surface area contributed by atoms with E-state index in [1.54, 1.807) is 0 Å². The van der Waals surface area contributed by atoms with Crippen molar-refractivity contribution in [2.24, 2.45) is 17.3 Å². The summed E-state index contributed by atoms with van der Waals surface area (Å²) in [6, 6.07) is 0. The summed E-state index contributed by atoms with van der Waals surface area (Å²) in [5.74, 6) is -0.0571. The number of hydrogen-bond acceptors (Lipinski definition) is 4. The second-order valence-electron chi connectivity index (χ2n) is 9.73. The van der Waals surface area contributed by atoms with E-state index in [4.69, 9.17) is 4.74 Å². The van der Waals surface area contributed by atoms with Crippen molar-refractivity contribution in [3.63, 3.8) is 0 Å². The highest BCUT2D eigenvalue weighted by atomic mass is 16.6. The van der Waals surface area contributed by atoms with Gasteiger partial charge in [0.05, 0.1) is 17.1 Å². The van der Waals surface area contributed by atoms with Crippen LogP contribution >= 0.6 is 0 Å². The number of esters is 1. The van der Waals surface area contributed by atoms with Crippen molar-refractivity contribution in [1.82, 2.24) is 0 Å². The SMILES string of the molecule is CC(CC(C)(C)C)C(=O)OC12CC3CC(O)(CC(O)(C3)C1)C2. The first kappa shape index (κ1) is 16.3. The van der Waals surface area contributed by atoms with Gasteiger partial charge in [0, 0.05) is 19.3 Å². The third-order valence-electron chi connectivity index (χ3n) is 5.60. The molecule has 0 saturated heterocycles. The summed E-state index contributed by atoms with van der Waals surface area (Å²) >= 11 is 0. The molecule has 3 unspecified atom stereocenters. The van der Waals surface area contributed by atoms with E-state index in [1.165, 1.54) is 0 Å². The van der Waals surface area contributed by atoms with E-state index in [9.17, 15) is 15.0 Å². The van der Waals surface area contributed by atoms with Gasteiger partial charge in [-0.2, -0.15) is 0 Å². The zero-order chi connectivity index (χ0) is 16.4. The minimum Gasteiger partial charge on any atom is -0.459 e. The van der Waals surface area contributed by atoms with Crippen LogP contribution in [0.25, 0.3) is 0 Å². The average Bonchev–Trinajstić information content (AvgIpc) is 2.19. The lowest BCUT2D eigenvalue weighted by atomic mass is 9.50. The first-order chi connectivity index (χ1) is 9.92. The Morgan fingerprint density at radius 3 is 2.14 bits per heavy atom. The third-order valence-corrected chi connectivity index (χ3v) is 5.60. The first-order valence-corrected chi connectivity index (χ1v) is 8.59. The number of carbonyl (C=O) groups is 1. The molecule has 4 aliphatic carbocycles. The van der Waals surface area contributed by atoms with E-state index < -0.39 is 16.8 Å². The maximum Gasteiger partial charge on any atom is 0.309 e. The molecule has 4 nitrogen and oxygen atoms in total. The monoisotopic (exact) mass is 310 g/mol. The topological polar surface area (TPSA) is 66.8 Å². The lowest BCUT2D eigenvalue weighted by Crippen LogP contribution is -2.67. The van der Waals surface area contributed by atoms with Crippen LogP contribution in [0.15, 0.2) is 0 Å². The highest BCUT2D eigenvalue weighted by Crippen LogP contribution is 2.60. The van der Waals surface area contributed by atoms with E-state index >= 15 is 0 Å². The van der Waals surface area contributed by atoms with E-state index in [0.29, 0.717) is 19.3 Å². The van der Waals surface area contributed by atoms with Gasteiger partial charge in [0.2, 0.25) is 0 Å². The maximum atomic E-state index is 12.5. The molecule has 0 spiro atoms. The molecule has 22 heavy (non-hydrogen) atoms. The van der Waals surface area contributed by atoms with Gasteiger partial charge in [-0.3, -0.25) is 4.79 Å². The Kier molecular flexibility index (Phi) is 3.47. The van der Waals surface area contributed by atoms with Crippen LogP contribution in [0.1, 0.15) is 72.6 Å². The minimum atomic E-state index is -0.846. The fraction of sp³-hybridized carbons (Fsp3) is 0.944. The van der Waals surface area contributed by atoms with Crippen LogP contribution in [-0.2, 0) is 9.53 Å². The molecule has 0 aliphatic heterocycles. The van der Waals surface area contributed by atoms with Crippen LogP contribution in [0.3, 0.4) is 0 Å². The van der Waals surface area contributed by atoms with E-state index in [-0.39, 0.29) is 23.2 Å². The Hall–Kier alpha value is -0.610. The van der Waals surface area contributed by atoms with Gasteiger partial charge in [-0.15, -0.1) is 0 Å². The van der Waals surface area contributed by atoms with Crippen LogP contribution in [-0.4, -0.2) is 33.0 Å². The fourth-order valence-corrected chi connectivity index (χ4v) is 5.68. The van der Waals surface area contributed by atoms with Gasteiger partial charge in [0.25, 0.3) is 0 Å². The molecule has 0 radical (unpaired) electrons. The average molecular weight is 310 g/mol. The van der Waals surface area contributed by atoms with E-state index in [0.717, 1.165) is 25.7 Å². The molecule has 0 aromatic rings. The predicted molar refractivity (Wildman–Crippen MR) is 83.2 cm³/mol. The summed E-state index contributed by atoms with van der Waals surface area (Å²) in [6.45, 7) is 8.27. The number of ether oxygens (including phenoxy) is 1. The molecule has 2 N–H and O–H groups in total. The second kappa shape index (κ2) is 4.70. The second-order valence-corrected chi connectivity index (χ2v) is 9.73. The summed E-state index contributed by atoms with van der Waals surface area (Å²) < 4.78 is 5.93. The van der Waals surface area contributed by atoms with Gasteiger partial charge in [0.1, 0.15) is 5.60 Å². The highest BCUT2D eigenvalue weighted by Gasteiger charge is 2.64. The molecular weight excluding hydrogens is 280 g/mol. The Morgan fingerprint density at radius 2 is 1.68 bits per heavy atom. The molecule has 126 valence electrons. The molecule has 0 amide bonds. The summed E-state index contributed by atoms with van der Waals surface area (Å²) in [7, 11) is 0. The Labute approximate surface area is 133 Å². The first-order valence-electron chi connectivity index (χ1n) is 8.59. The molecule has 4 bridgehead atoms. The Morgan fingerprint density at radius 1 is 1.14 bits per heavy atom. The summed E-state index contributed by atoms with van der Waals surface area (Å²) in [4.78, 5) is 12.5. The number of rotatable bonds is 3. The van der Waals surface area contributed by atoms with Gasteiger partial charge < -0.3 is 14.9 Å². The molecule has 4 fully saturated rings. The lowest BCUT2D eigenvalue weighted by Gasteiger charge is -2.62. The van der Waals surface area contributed by atoms with Crippen molar-refractivity contribution < 1.29 is 19.7 Å². The molecule has 4 saturated carbocycles. The summed E-state index contributed by atoms with van der Waals surface area (Å²) in [5.41, 5.74) is -2.26. The van der Waals surface area contributed by atoms with Gasteiger partial charge in [-0.1, -0.05) is 27.7 Å². The fourth-order valence-electron chi connectivity index (χ4n) is 5.68. The molecular formula is C18H30O4. The van der Waals surface area contributed by atoms with Crippen molar-refractivity contribution >= 4 is 5.97 Å². The molecule has 0 heterocycles. The van der Waals surface area contributed by atoms with Gasteiger partial charge in [-0.25, -0.2) is 0 Å². The summed E-state index contributed by atoms with van der Waals surface area (Å²) in [6.07, 6.45) is 4.48. The quantitative estimate of drug-likeness (QED) is 0.787. The van der Waals surface area contributed by atoms with Gasteiger partial charge in [0.15, 0.2) is 0 Å². The molecule has 4 heteroatoms. The van der Waals surface area contributed by atoms with Crippen LogP contribution in [0, 0.1) is 17.3 Å². The van der Waals surface area contributed by atoms with Crippen LogP contribution < -0.4 is 0 Å². The van der Waals surface area contributed by atoms with Gasteiger partial charge in [-0.05, 0) is 37.0 Å². The maximum absolute atomic E-state index is 12.5. The molecule has 0 aromatic heterocycles. The zero-order valence-electron chi connectivity index (χ0n) is 14.3. The number of hydrogen-bond donors (Lipinski definition) is 2. The molecule has 4 aliphatic rings. The molecule has 3 atom stereocenters. The molecule has 0 aromatic carbocycles. The van der Waals surface area contributed by atoms with E-state index in [1.807, 2.05) is 6.92 Å². The van der Waals surface area contributed by atoms with Crippen molar-refractivity contribution in [2.45, 2.75) is 89.4 Å². The van der Waals surface area contributed by atoms with Gasteiger partial charge >= 0.3 is 5.97 Å².